The number of Topliss-reactive ketones (excluding diaryl/α,β-unsaturated/α-hetero) is 1. The molecular weight excluding hydrogens is 277 g/mol. The molecule has 0 radical (unpaired) electrons. The number of benzene rings is 1. The van der Waals surface area contributed by atoms with E-state index in [0.717, 1.165) is 6.07 Å². The molecular formula is C9H6BrF3O2. The van der Waals surface area contributed by atoms with Crippen molar-refractivity contribution in [2.24, 2.45) is 0 Å². The fraction of sp³-hybridized carbons (Fsp3) is 0.222. The summed E-state index contributed by atoms with van der Waals surface area (Å²) in [6, 6.07) is 2.14. The van der Waals surface area contributed by atoms with E-state index in [1.165, 1.54) is 13.2 Å². The highest BCUT2D eigenvalue weighted by atomic mass is 79.9. The normalized spacial score (nSPS) is 10.5. The van der Waals surface area contributed by atoms with Crippen LogP contribution in [0, 0.1) is 5.82 Å². The van der Waals surface area contributed by atoms with Crippen molar-refractivity contribution in [3.8, 4) is 5.75 Å². The van der Waals surface area contributed by atoms with Gasteiger partial charge in [0.2, 0.25) is 5.78 Å². The summed E-state index contributed by atoms with van der Waals surface area (Å²) in [6.45, 7) is 0. The number of halogens is 4. The Morgan fingerprint density at radius 1 is 1.47 bits per heavy atom. The second-order valence-electron chi connectivity index (χ2n) is 2.60. The summed E-state index contributed by atoms with van der Waals surface area (Å²) in [7, 11) is 1.29. The van der Waals surface area contributed by atoms with Gasteiger partial charge in [0.25, 0.3) is 0 Å². The molecule has 0 aliphatic rings. The molecule has 0 aliphatic heterocycles. The lowest BCUT2D eigenvalue weighted by Gasteiger charge is -2.08. The van der Waals surface area contributed by atoms with Crippen molar-refractivity contribution in [1.29, 1.82) is 0 Å². The van der Waals surface area contributed by atoms with Crippen molar-refractivity contribution < 1.29 is 22.7 Å². The van der Waals surface area contributed by atoms with E-state index < -0.39 is 23.6 Å². The molecule has 15 heavy (non-hydrogen) atoms. The Kier molecular flexibility index (Phi) is 3.73. The highest BCUT2D eigenvalue weighted by Gasteiger charge is 2.25. The van der Waals surface area contributed by atoms with Gasteiger partial charge in [-0.05, 0) is 28.1 Å². The third-order valence-corrected chi connectivity index (χ3v) is 2.51. The van der Waals surface area contributed by atoms with Gasteiger partial charge in [0.05, 0.1) is 17.1 Å². The average Bonchev–Trinajstić information content (AvgIpc) is 2.17. The average molecular weight is 283 g/mol. The molecule has 0 fully saturated rings. The highest BCUT2D eigenvalue weighted by molar-refractivity contribution is 9.10. The zero-order valence-electron chi connectivity index (χ0n) is 7.56. The van der Waals surface area contributed by atoms with Crippen LogP contribution in [0.2, 0.25) is 0 Å². The van der Waals surface area contributed by atoms with Gasteiger partial charge in [-0.1, -0.05) is 0 Å². The molecule has 0 aliphatic carbocycles. The number of methoxy groups -OCH3 is 1. The van der Waals surface area contributed by atoms with Crippen molar-refractivity contribution in [3.63, 3.8) is 0 Å². The molecule has 6 heteroatoms. The van der Waals surface area contributed by atoms with Gasteiger partial charge in [0.1, 0.15) is 11.6 Å². The van der Waals surface area contributed by atoms with Gasteiger partial charge in [0.15, 0.2) is 0 Å². The third-order valence-electron chi connectivity index (χ3n) is 1.72. The van der Waals surface area contributed by atoms with Crippen LogP contribution in [0.25, 0.3) is 0 Å². The Bertz CT molecular complexity index is 393. The Balaban J connectivity index is 3.33. The zero-order chi connectivity index (χ0) is 11.6. The molecule has 0 saturated heterocycles. The van der Waals surface area contributed by atoms with Gasteiger partial charge in [-0.25, -0.2) is 13.2 Å². The highest BCUT2D eigenvalue weighted by Crippen LogP contribution is 2.31. The molecule has 0 spiro atoms. The predicted octanol–water partition coefficient (Wildman–Crippen LogP) is 3.04. The first-order chi connectivity index (χ1) is 6.99. The van der Waals surface area contributed by atoms with Crippen molar-refractivity contribution in [1.82, 2.24) is 0 Å². The van der Waals surface area contributed by atoms with E-state index in [1.807, 2.05) is 0 Å². The van der Waals surface area contributed by atoms with Crippen LogP contribution in [0.5, 0.6) is 5.75 Å². The molecule has 1 aromatic carbocycles. The number of carbonyl (C=O) groups excluding carboxylic acids is 1. The van der Waals surface area contributed by atoms with Gasteiger partial charge >= 0.3 is 6.43 Å². The minimum atomic E-state index is -3.25. The van der Waals surface area contributed by atoms with Crippen LogP contribution in [0.3, 0.4) is 0 Å². The van der Waals surface area contributed by atoms with Gasteiger partial charge in [-0.3, -0.25) is 4.79 Å². The second kappa shape index (κ2) is 4.65. The summed E-state index contributed by atoms with van der Waals surface area (Å²) in [5.41, 5.74) is -0.690. The standard InChI is InChI=1S/C9H6BrF3O2/c1-15-5-3-2-4(11)6(7(5)10)8(14)9(12)13/h2-3,9H,1H3. The number of hydrogen-bond acceptors (Lipinski definition) is 2. The van der Waals surface area contributed by atoms with Crippen molar-refractivity contribution in [2.75, 3.05) is 7.11 Å². The van der Waals surface area contributed by atoms with E-state index in [9.17, 15) is 18.0 Å². The van der Waals surface area contributed by atoms with Gasteiger partial charge < -0.3 is 4.74 Å². The van der Waals surface area contributed by atoms with E-state index in [4.69, 9.17) is 4.74 Å². The molecule has 1 aromatic rings. The Hall–Kier alpha value is -1.04. The molecule has 0 unspecified atom stereocenters. The van der Waals surface area contributed by atoms with E-state index in [1.54, 1.807) is 0 Å². The summed E-state index contributed by atoms with van der Waals surface area (Å²) in [6.07, 6.45) is -3.25. The largest absolute Gasteiger partial charge is 0.496 e. The molecule has 0 heterocycles. The fourth-order valence-electron chi connectivity index (χ4n) is 1.03. The molecule has 0 aromatic heterocycles. The maximum absolute atomic E-state index is 13.1. The number of ether oxygens (including phenoxy) is 1. The van der Waals surface area contributed by atoms with E-state index >= 15 is 0 Å². The van der Waals surface area contributed by atoms with Crippen LogP contribution in [0.1, 0.15) is 10.4 Å². The lowest BCUT2D eigenvalue weighted by molar-refractivity contribution is 0.0673. The molecule has 82 valence electrons. The first-order valence-electron chi connectivity index (χ1n) is 3.83. The third kappa shape index (κ3) is 2.31. The molecule has 0 saturated carbocycles. The first-order valence-corrected chi connectivity index (χ1v) is 4.62. The number of alkyl halides is 2. The number of hydrogen-bond donors (Lipinski definition) is 0. The molecule has 0 atom stereocenters. The predicted molar refractivity (Wildman–Crippen MR) is 51.0 cm³/mol. The Morgan fingerprint density at radius 2 is 2.07 bits per heavy atom. The summed E-state index contributed by atoms with van der Waals surface area (Å²) >= 11 is 2.84. The van der Waals surface area contributed by atoms with Crippen molar-refractivity contribution in [3.05, 3.63) is 28.0 Å². The molecule has 0 N–H and O–H groups in total. The maximum atomic E-state index is 13.1. The quantitative estimate of drug-likeness (QED) is 0.797. The summed E-state index contributed by atoms with van der Waals surface area (Å²) < 4.78 is 42.1. The summed E-state index contributed by atoms with van der Waals surface area (Å²) in [4.78, 5) is 11.0. The number of carbonyl (C=O) groups is 1. The molecule has 0 bridgehead atoms. The SMILES string of the molecule is COc1ccc(F)c(C(=O)C(F)F)c1Br. The Morgan fingerprint density at radius 3 is 2.53 bits per heavy atom. The van der Waals surface area contributed by atoms with Crippen LogP contribution in [-0.4, -0.2) is 19.3 Å². The van der Waals surface area contributed by atoms with Gasteiger partial charge in [0, 0.05) is 0 Å². The van der Waals surface area contributed by atoms with E-state index in [2.05, 4.69) is 15.9 Å². The number of rotatable bonds is 3. The minimum absolute atomic E-state index is 0.102. The fourth-order valence-corrected chi connectivity index (χ4v) is 1.70. The van der Waals surface area contributed by atoms with Gasteiger partial charge in [-0.15, -0.1) is 0 Å². The van der Waals surface area contributed by atoms with Gasteiger partial charge in [-0.2, -0.15) is 0 Å². The van der Waals surface area contributed by atoms with Crippen LogP contribution in [-0.2, 0) is 0 Å². The molecule has 0 amide bonds. The van der Waals surface area contributed by atoms with Crippen LogP contribution < -0.4 is 4.74 Å². The minimum Gasteiger partial charge on any atom is -0.496 e. The maximum Gasteiger partial charge on any atom is 0.300 e. The van der Waals surface area contributed by atoms with Crippen LogP contribution in [0.4, 0.5) is 13.2 Å². The zero-order valence-corrected chi connectivity index (χ0v) is 9.15. The number of ketones is 1. The lowest BCUT2D eigenvalue weighted by atomic mass is 10.1. The van der Waals surface area contributed by atoms with Crippen molar-refractivity contribution >= 4 is 21.7 Å². The molecule has 1 rings (SSSR count). The van der Waals surface area contributed by atoms with Crippen molar-refractivity contribution in [2.45, 2.75) is 6.43 Å². The second-order valence-corrected chi connectivity index (χ2v) is 3.40. The van der Waals surface area contributed by atoms with Crippen LogP contribution in [0.15, 0.2) is 16.6 Å². The smallest absolute Gasteiger partial charge is 0.300 e. The summed E-state index contributed by atoms with van der Waals surface area (Å²) in [5, 5.41) is 0. The monoisotopic (exact) mass is 282 g/mol. The first kappa shape index (κ1) is 12.0. The van der Waals surface area contributed by atoms with Crippen LogP contribution >= 0.6 is 15.9 Å². The topological polar surface area (TPSA) is 26.3 Å². The summed E-state index contributed by atoms with van der Waals surface area (Å²) in [5.74, 6) is -2.45. The lowest BCUT2D eigenvalue weighted by Crippen LogP contribution is -2.13. The molecule has 2 nitrogen and oxygen atoms in total. The Labute approximate surface area is 92.2 Å². The van der Waals surface area contributed by atoms with E-state index in [-0.39, 0.29) is 10.2 Å². The van der Waals surface area contributed by atoms with E-state index in [0.29, 0.717) is 0 Å².